The number of anilines is 2. The molecule has 1 aromatic carbocycles. The predicted molar refractivity (Wildman–Crippen MR) is 76.7 cm³/mol. The van der Waals surface area contributed by atoms with Crippen LogP contribution in [0.4, 0.5) is 11.4 Å². The van der Waals surface area contributed by atoms with Gasteiger partial charge in [-0.3, -0.25) is 0 Å². The van der Waals surface area contributed by atoms with Crippen molar-refractivity contribution in [2.24, 2.45) is 0 Å². The van der Waals surface area contributed by atoms with Gasteiger partial charge in [0.15, 0.2) is 0 Å². The molecule has 0 atom stereocenters. The molecule has 0 amide bonds. The summed E-state index contributed by atoms with van der Waals surface area (Å²) >= 11 is 1.85. The molecule has 2 nitrogen and oxygen atoms in total. The predicted octanol–water partition coefficient (Wildman–Crippen LogP) is 3.87. The minimum atomic E-state index is 0.811. The molecule has 0 unspecified atom stereocenters. The number of hydrogen-bond acceptors (Lipinski definition) is 3. The molecule has 1 heterocycles. The zero-order valence-corrected chi connectivity index (χ0v) is 11.3. The van der Waals surface area contributed by atoms with Crippen LogP contribution in [0.15, 0.2) is 24.3 Å². The second-order valence-corrected chi connectivity index (χ2v) is 5.78. The first-order chi connectivity index (χ1) is 8.04. The zero-order valence-electron chi connectivity index (χ0n) is 10.5. The van der Waals surface area contributed by atoms with Gasteiger partial charge >= 0.3 is 0 Å². The molecule has 0 bridgehead atoms. The highest BCUT2D eigenvalue weighted by molar-refractivity contribution is 7.12. The van der Waals surface area contributed by atoms with Crippen molar-refractivity contribution in [1.29, 1.82) is 0 Å². The third-order valence-electron chi connectivity index (χ3n) is 2.78. The highest BCUT2D eigenvalue weighted by atomic mass is 32.1. The SMILES string of the molecule is Cc1cc(N)cc(NCc2cc(C)c(C)s2)c1. The topological polar surface area (TPSA) is 38.0 Å². The number of thiophene rings is 1. The smallest absolute Gasteiger partial charge is 0.0494 e. The first-order valence-corrected chi connectivity index (χ1v) is 6.53. The average Bonchev–Trinajstić information content (AvgIpc) is 2.54. The Morgan fingerprint density at radius 1 is 1.12 bits per heavy atom. The molecule has 3 heteroatoms. The van der Waals surface area contributed by atoms with Crippen molar-refractivity contribution in [2.75, 3.05) is 11.1 Å². The number of aryl methyl sites for hydroxylation is 3. The lowest BCUT2D eigenvalue weighted by Crippen LogP contribution is -1.98. The highest BCUT2D eigenvalue weighted by Gasteiger charge is 2.02. The van der Waals surface area contributed by atoms with Crippen molar-refractivity contribution in [2.45, 2.75) is 27.3 Å². The molecule has 90 valence electrons. The molecule has 0 aliphatic carbocycles. The third kappa shape index (κ3) is 3.01. The van der Waals surface area contributed by atoms with E-state index in [4.69, 9.17) is 5.73 Å². The molecule has 0 radical (unpaired) electrons. The van der Waals surface area contributed by atoms with Crippen LogP contribution >= 0.6 is 11.3 Å². The normalized spacial score (nSPS) is 10.5. The molecule has 1 aromatic heterocycles. The summed E-state index contributed by atoms with van der Waals surface area (Å²) in [5.41, 5.74) is 10.3. The maximum Gasteiger partial charge on any atom is 0.0494 e. The van der Waals surface area contributed by atoms with Crippen LogP contribution in [0.25, 0.3) is 0 Å². The highest BCUT2D eigenvalue weighted by Crippen LogP contribution is 2.22. The first kappa shape index (κ1) is 12.0. The summed E-state index contributed by atoms with van der Waals surface area (Å²) in [5, 5.41) is 3.41. The van der Waals surface area contributed by atoms with E-state index in [2.05, 4.69) is 38.2 Å². The van der Waals surface area contributed by atoms with Crippen LogP contribution in [0.2, 0.25) is 0 Å². The molecule has 17 heavy (non-hydrogen) atoms. The van der Waals surface area contributed by atoms with Crippen LogP contribution in [-0.4, -0.2) is 0 Å². The van der Waals surface area contributed by atoms with Gasteiger partial charge in [-0.25, -0.2) is 0 Å². The standard InChI is InChI=1S/C14H18N2S/c1-9-4-12(15)7-13(5-9)16-8-14-6-10(2)11(3)17-14/h4-7,16H,8,15H2,1-3H3. The molecule has 2 aromatic rings. The van der Waals surface area contributed by atoms with E-state index in [1.807, 2.05) is 23.5 Å². The minimum absolute atomic E-state index is 0.811. The van der Waals surface area contributed by atoms with E-state index in [0.29, 0.717) is 0 Å². The van der Waals surface area contributed by atoms with Gasteiger partial charge in [0.2, 0.25) is 0 Å². The summed E-state index contributed by atoms with van der Waals surface area (Å²) in [6.07, 6.45) is 0. The molecule has 0 fully saturated rings. The Kier molecular flexibility index (Phi) is 3.38. The number of hydrogen-bond donors (Lipinski definition) is 2. The van der Waals surface area contributed by atoms with Gasteiger partial charge in [-0.1, -0.05) is 0 Å². The number of benzene rings is 1. The van der Waals surface area contributed by atoms with Crippen molar-refractivity contribution >= 4 is 22.7 Å². The van der Waals surface area contributed by atoms with Crippen LogP contribution < -0.4 is 11.1 Å². The van der Waals surface area contributed by atoms with Crippen LogP contribution in [-0.2, 0) is 6.54 Å². The maximum absolute atomic E-state index is 5.82. The quantitative estimate of drug-likeness (QED) is 0.807. The summed E-state index contributed by atoms with van der Waals surface area (Å²) < 4.78 is 0. The number of rotatable bonds is 3. The molecule has 0 saturated carbocycles. The van der Waals surface area contributed by atoms with Gasteiger partial charge in [-0.15, -0.1) is 11.3 Å². The van der Waals surface area contributed by atoms with E-state index in [1.54, 1.807) is 0 Å². The van der Waals surface area contributed by atoms with Gasteiger partial charge in [0.25, 0.3) is 0 Å². The van der Waals surface area contributed by atoms with E-state index in [0.717, 1.165) is 17.9 Å². The fraction of sp³-hybridized carbons (Fsp3) is 0.286. The minimum Gasteiger partial charge on any atom is -0.399 e. The Morgan fingerprint density at radius 2 is 1.88 bits per heavy atom. The molecule has 2 rings (SSSR count). The first-order valence-electron chi connectivity index (χ1n) is 5.71. The number of nitrogens with one attached hydrogen (secondary N) is 1. The lowest BCUT2D eigenvalue weighted by Gasteiger charge is -2.07. The molecule has 3 N–H and O–H groups in total. The van der Waals surface area contributed by atoms with E-state index in [-0.39, 0.29) is 0 Å². The largest absolute Gasteiger partial charge is 0.399 e. The van der Waals surface area contributed by atoms with Crippen LogP contribution in [0.3, 0.4) is 0 Å². The summed E-state index contributed by atoms with van der Waals surface area (Å²) in [4.78, 5) is 2.76. The lowest BCUT2D eigenvalue weighted by molar-refractivity contribution is 1.18. The Morgan fingerprint density at radius 3 is 2.47 bits per heavy atom. The number of nitrogen functional groups attached to an aromatic ring is 1. The fourth-order valence-corrected chi connectivity index (χ4v) is 2.83. The Bertz CT molecular complexity index is 489. The van der Waals surface area contributed by atoms with E-state index in [1.165, 1.54) is 20.9 Å². The summed E-state index contributed by atoms with van der Waals surface area (Å²) in [7, 11) is 0. The van der Waals surface area contributed by atoms with Gasteiger partial charge < -0.3 is 11.1 Å². The molecule has 0 aliphatic rings. The second-order valence-electron chi connectivity index (χ2n) is 4.44. The van der Waals surface area contributed by atoms with Gasteiger partial charge in [-0.05, 0) is 56.2 Å². The average molecular weight is 246 g/mol. The van der Waals surface area contributed by atoms with Crippen molar-refractivity contribution in [3.8, 4) is 0 Å². The second kappa shape index (κ2) is 4.80. The van der Waals surface area contributed by atoms with E-state index in [9.17, 15) is 0 Å². The summed E-state index contributed by atoms with van der Waals surface area (Å²) in [5.74, 6) is 0. The van der Waals surface area contributed by atoms with E-state index < -0.39 is 0 Å². The van der Waals surface area contributed by atoms with Crippen molar-refractivity contribution < 1.29 is 0 Å². The Labute approximate surface area is 106 Å². The van der Waals surface area contributed by atoms with Gasteiger partial charge in [0.05, 0.1) is 0 Å². The third-order valence-corrected chi connectivity index (χ3v) is 3.94. The molecule has 0 saturated heterocycles. The lowest BCUT2D eigenvalue weighted by atomic mass is 10.2. The molecule has 0 aliphatic heterocycles. The van der Waals surface area contributed by atoms with Crippen LogP contribution in [0.1, 0.15) is 20.9 Å². The summed E-state index contributed by atoms with van der Waals surface area (Å²) in [6.45, 7) is 7.23. The fourth-order valence-electron chi connectivity index (χ4n) is 1.84. The van der Waals surface area contributed by atoms with Crippen molar-refractivity contribution in [3.05, 3.63) is 45.1 Å². The number of nitrogens with two attached hydrogens (primary N) is 1. The monoisotopic (exact) mass is 246 g/mol. The summed E-state index contributed by atoms with van der Waals surface area (Å²) in [6, 6.07) is 8.31. The Hall–Kier alpha value is -1.48. The van der Waals surface area contributed by atoms with E-state index >= 15 is 0 Å². The van der Waals surface area contributed by atoms with Gasteiger partial charge in [0, 0.05) is 27.7 Å². The van der Waals surface area contributed by atoms with Crippen LogP contribution in [0.5, 0.6) is 0 Å². The van der Waals surface area contributed by atoms with Crippen molar-refractivity contribution in [3.63, 3.8) is 0 Å². The molecule has 0 spiro atoms. The van der Waals surface area contributed by atoms with Gasteiger partial charge in [0.1, 0.15) is 0 Å². The molecular formula is C14H18N2S. The van der Waals surface area contributed by atoms with Crippen molar-refractivity contribution in [1.82, 2.24) is 0 Å². The van der Waals surface area contributed by atoms with Crippen LogP contribution in [0, 0.1) is 20.8 Å². The Balaban J connectivity index is 2.07. The zero-order chi connectivity index (χ0) is 12.4. The maximum atomic E-state index is 5.82. The van der Waals surface area contributed by atoms with Gasteiger partial charge in [-0.2, -0.15) is 0 Å². The molecular weight excluding hydrogens is 228 g/mol.